The van der Waals surface area contributed by atoms with Crippen molar-refractivity contribution in [1.29, 1.82) is 0 Å². The van der Waals surface area contributed by atoms with Crippen molar-refractivity contribution in [3.05, 3.63) is 34.4 Å². The number of nitrogens with zero attached hydrogens (tertiary/aromatic N) is 1. The highest BCUT2D eigenvalue weighted by Gasteiger charge is 2.20. The van der Waals surface area contributed by atoms with Crippen molar-refractivity contribution < 1.29 is 23.2 Å². The Morgan fingerprint density at radius 2 is 1.89 bits per heavy atom. The third-order valence-corrected chi connectivity index (χ3v) is 3.84. The first kappa shape index (κ1) is 15.1. The third-order valence-electron chi connectivity index (χ3n) is 2.35. The predicted octanol–water partition coefficient (Wildman–Crippen LogP) is -0.598. The maximum Gasteiger partial charge on any atom is 0.269 e. The summed E-state index contributed by atoms with van der Waals surface area (Å²) in [5, 5.41) is 21.1. The normalized spacial score (nSPS) is 12.9. The number of non-ortho nitro benzene ring substituents is 1. The minimum Gasteiger partial charge on any atom is -0.548 e. The fraction of sp³-hybridized carbons (Fsp3) is 0.300. The number of rotatable bonds is 6. The van der Waals surface area contributed by atoms with E-state index in [1.807, 2.05) is 4.72 Å². The molecule has 0 aliphatic rings. The molecule has 0 saturated heterocycles. The van der Waals surface area contributed by atoms with Gasteiger partial charge in [0.1, 0.15) is 0 Å². The molecule has 1 N–H and O–H groups in total. The molecule has 104 valence electrons. The van der Waals surface area contributed by atoms with Crippen molar-refractivity contribution >= 4 is 21.7 Å². The van der Waals surface area contributed by atoms with Crippen LogP contribution >= 0.6 is 0 Å². The third kappa shape index (κ3) is 3.73. The van der Waals surface area contributed by atoms with E-state index in [9.17, 15) is 28.4 Å². The molecular formula is C10H11N2O6S-. The monoisotopic (exact) mass is 287 g/mol. The molecule has 8 nitrogen and oxygen atoms in total. The van der Waals surface area contributed by atoms with Crippen LogP contribution in [0.5, 0.6) is 0 Å². The number of sulfonamides is 1. The van der Waals surface area contributed by atoms with Crippen molar-refractivity contribution in [1.82, 2.24) is 4.72 Å². The fourth-order valence-corrected chi connectivity index (χ4v) is 2.57. The maximum atomic E-state index is 11.8. The van der Waals surface area contributed by atoms with Gasteiger partial charge in [-0.3, -0.25) is 10.1 Å². The van der Waals surface area contributed by atoms with Crippen molar-refractivity contribution in [2.75, 3.05) is 0 Å². The number of aliphatic carboxylic acids is 1. The Morgan fingerprint density at radius 1 is 1.37 bits per heavy atom. The lowest BCUT2D eigenvalue weighted by atomic mass is 10.2. The Labute approximate surface area is 109 Å². The summed E-state index contributed by atoms with van der Waals surface area (Å²) in [4.78, 5) is 20.2. The molecule has 0 amide bonds. The van der Waals surface area contributed by atoms with Crippen LogP contribution in [0.1, 0.15) is 13.3 Å². The number of carboxylic acids is 1. The number of hydrogen-bond acceptors (Lipinski definition) is 6. The lowest BCUT2D eigenvalue weighted by Crippen LogP contribution is -2.47. The van der Waals surface area contributed by atoms with E-state index in [0.717, 1.165) is 24.3 Å². The Kier molecular flexibility index (Phi) is 4.57. The first-order valence-corrected chi connectivity index (χ1v) is 6.74. The number of carboxylic acid groups (broad SMARTS) is 1. The zero-order chi connectivity index (χ0) is 14.6. The van der Waals surface area contributed by atoms with Crippen LogP contribution < -0.4 is 9.83 Å². The summed E-state index contributed by atoms with van der Waals surface area (Å²) in [5.41, 5.74) is -0.258. The topological polar surface area (TPSA) is 129 Å². The first-order chi connectivity index (χ1) is 8.77. The molecule has 0 radical (unpaired) electrons. The van der Waals surface area contributed by atoms with Gasteiger partial charge in [0, 0.05) is 12.1 Å². The minimum atomic E-state index is -4.05. The summed E-state index contributed by atoms with van der Waals surface area (Å²) in [6.07, 6.45) is 0.0224. The van der Waals surface area contributed by atoms with E-state index in [1.54, 1.807) is 0 Å². The predicted molar refractivity (Wildman–Crippen MR) is 62.5 cm³/mol. The molecule has 0 aromatic heterocycles. The van der Waals surface area contributed by atoms with Gasteiger partial charge in [-0.2, -0.15) is 0 Å². The molecule has 0 aliphatic heterocycles. The van der Waals surface area contributed by atoms with Crippen LogP contribution in [0.4, 0.5) is 5.69 Å². The van der Waals surface area contributed by atoms with Gasteiger partial charge < -0.3 is 9.90 Å². The van der Waals surface area contributed by atoms with Gasteiger partial charge in [0.2, 0.25) is 10.0 Å². The highest BCUT2D eigenvalue weighted by molar-refractivity contribution is 7.89. The van der Waals surface area contributed by atoms with Crippen LogP contribution in [0.15, 0.2) is 29.2 Å². The quantitative estimate of drug-likeness (QED) is 0.549. The van der Waals surface area contributed by atoms with E-state index in [0.29, 0.717) is 0 Å². The molecule has 0 unspecified atom stereocenters. The van der Waals surface area contributed by atoms with Crippen molar-refractivity contribution in [2.24, 2.45) is 0 Å². The number of carbonyl (C=O) groups excluding carboxylic acids is 1. The van der Waals surface area contributed by atoms with E-state index in [4.69, 9.17) is 0 Å². The lowest BCUT2D eigenvalue weighted by molar-refractivity contribution is -0.384. The highest BCUT2D eigenvalue weighted by atomic mass is 32.2. The van der Waals surface area contributed by atoms with Gasteiger partial charge in [-0.1, -0.05) is 6.92 Å². The van der Waals surface area contributed by atoms with E-state index in [2.05, 4.69) is 0 Å². The number of benzene rings is 1. The average Bonchev–Trinajstić information content (AvgIpc) is 2.35. The van der Waals surface area contributed by atoms with Gasteiger partial charge in [0.05, 0.1) is 21.8 Å². The molecule has 9 heteroatoms. The Morgan fingerprint density at radius 3 is 2.26 bits per heavy atom. The molecule has 0 heterocycles. The maximum absolute atomic E-state index is 11.8. The van der Waals surface area contributed by atoms with Gasteiger partial charge >= 0.3 is 0 Å². The second kappa shape index (κ2) is 5.76. The van der Waals surface area contributed by atoms with Crippen LogP contribution in [0.25, 0.3) is 0 Å². The summed E-state index contributed by atoms with van der Waals surface area (Å²) < 4.78 is 25.6. The summed E-state index contributed by atoms with van der Waals surface area (Å²) in [6, 6.07) is 2.76. The van der Waals surface area contributed by atoms with Crippen molar-refractivity contribution in [3.63, 3.8) is 0 Å². The molecule has 1 aromatic rings. The molecule has 0 bridgehead atoms. The van der Waals surface area contributed by atoms with E-state index in [-0.39, 0.29) is 17.0 Å². The average molecular weight is 287 g/mol. The second-order valence-corrected chi connectivity index (χ2v) is 5.37. The Bertz CT molecular complexity index is 581. The molecule has 19 heavy (non-hydrogen) atoms. The highest BCUT2D eigenvalue weighted by Crippen LogP contribution is 2.16. The molecule has 1 aromatic carbocycles. The molecule has 0 aliphatic carbocycles. The van der Waals surface area contributed by atoms with Gasteiger partial charge in [-0.05, 0) is 18.6 Å². The Balaban J connectivity index is 3.00. The van der Waals surface area contributed by atoms with Crippen molar-refractivity contribution in [3.8, 4) is 0 Å². The summed E-state index contributed by atoms with van der Waals surface area (Å²) in [7, 11) is -4.05. The van der Waals surface area contributed by atoms with Crippen LogP contribution in [0.3, 0.4) is 0 Å². The smallest absolute Gasteiger partial charge is 0.269 e. The largest absolute Gasteiger partial charge is 0.548 e. The molecule has 1 rings (SSSR count). The number of carbonyl (C=O) groups is 1. The summed E-state index contributed by atoms with van der Waals surface area (Å²) in [6.45, 7) is 1.48. The van der Waals surface area contributed by atoms with Crippen LogP contribution in [-0.4, -0.2) is 25.4 Å². The van der Waals surface area contributed by atoms with Gasteiger partial charge in [-0.15, -0.1) is 0 Å². The molecule has 1 atom stereocenters. The van der Waals surface area contributed by atoms with Gasteiger partial charge in [-0.25, -0.2) is 13.1 Å². The number of nitro groups is 1. The molecular weight excluding hydrogens is 276 g/mol. The molecule has 0 fully saturated rings. The SMILES string of the molecule is CC[C@H](NS(=O)(=O)c1ccc([N+](=O)[O-])cc1)C(=O)[O-]. The zero-order valence-corrected chi connectivity index (χ0v) is 10.7. The Hall–Kier alpha value is -2.00. The number of nitro benzene ring substituents is 1. The number of hydrogen-bond donors (Lipinski definition) is 1. The van der Waals surface area contributed by atoms with E-state index < -0.39 is 27.0 Å². The summed E-state index contributed by atoms with van der Waals surface area (Å²) in [5.74, 6) is -1.53. The van der Waals surface area contributed by atoms with Crippen LogP contribution in [-0.2, 0) is 14.8 Å². The van der Waals surface area contributed by atoms with E-state index >= 15 is 0 Å². The number of nitrogens with one attached hydrogen (secondary N) is 1. The fourth-order valence-electron chi connectivity index (χ4n) is 1.30. The minimum absolute atomic E-state index is 0.0224. The van der Waals surface area contributed by atoms with Gasteiger partial charge in [0.15, 0.2) is 0 Å². The summed E-state index contributed by atoms with van der Waals surface area (Å²) >= 11 is 0. The standard InChI is InChI=1S/C10H12N2O6S/c1-2-9(10(13)14)11-19(17,18)8-5-3-7(4-6-8)12(15)16/h3-6,9,11H,2H2,1H3,(H,13,14)/p-1/t9-/m0/s1. The van der Waals surface area contributed by atoms with Crippen LogP contribution in [0.2, 0.25) is 0 Å². The lowest BCUT2D eigenvalue weighted by Gasteiger charge is -2.17. The zero-order valence-electron chi connectivity index (χ0n) is 9.90. The van der Waals surface area contributed by atoms with Crippen LogP contribution in [0, 0.1) is 10.1 Å². The van der Waals surface area contributed by atoms with E-state index in [1.165, 1.54) is 6.92 Å². The van der Waals surface area contributed by atoms with Crippen molar-refractivity contribution in [2.45, 2.75) is 24.3 Å². The second-order valence-electron chi connectivity index (χ2n) is 3.65. The molecule has 0 saturated carbocycles. The first-order valence-electron chi connectivity index (χ1n) is 5.25. The molecule has 0 spiro atoms. The van der Waals surface area contributed by atoms with Gasteiger partial charge in [0.25, 0.3) is 5.69 Å².